The van der Waals surface area contributed by atoms with Gasteiger partial charge in [0.2, 0.25) is 11.7 Å². The summed E-state index contributed by atoms with van der Waals surface area (Å²) in [4.78, 5) is 72.6. The molecule has 3 aliphatic heterocycles. The fourth-order valence-electron chi connectivity index (χ4n) is 7.87. The Hall–Kier alpha value is -6.70. The number of methoxy groups -OCH3 is 1. The molecule has 2 fully saturated rings. The molecule has 63 heavy (non-hydrogen) atoms. The van der Waals surface area contributed by atoms with E-state index in [1.54, 1.807) is 48.7 Å². The van der Waals surface area contributed by atoms with Gasteiger partial charge in [-0.3, -0.25) is 19.2 Å². The van der Waals surface area contributed by atoms with Gasteiger partial charge < -0.3 is 59.1 Å². The third-order valence-corrected chi connectivity index (χ3v) is 11.0. The summed E-state index contributed by atoms with van der Waals surface area (Å²) < 4.78 is 27.0. The Kier molecular flexibility index (Phi) is 13.5. The lowest BCUT2D eigenvalue weighted by Gasteiger charge is -2.37. The number of nitrogens with one attached hydrogen (secondary N) is 3. The van der Waals surface area contributed by atoms with E-state index >= 15 is 0 Å². The quantitative estimate of drug-likeness (QED) is 0.0807. The highest BCUT2D eigenvalue weighted by Gasteiger charge is 2.48. The van der Waals surface area contributed by atoms with E-state index in [2.05, 4.69) is 27.5 Å². The maximum Gasteiger partial charge on any atom is 0.414 e. The molecule has 0 bridgehead atoms. The highest BCUT2D eigenvalue weighted by atomic mass is 16.7. The standard InChI is InChI=1S/C44H52N8O11/c1-25-17-33-43(63-38-10-6-7-15-62-38)52(44(58)59)31-20-35(34(60-5)19-30(31)42(57)51(33)22-25)61-16-8-9-37(54)47-36-24-50(4)39(48-36)41(56)46-29-13-11-27(12-14-29)28-18-32(49(3)23-28)40(55)45-21-26(2)53/h11-14,18-20,23-24,26,33,38,43,53H,1,6-10,15-17,21-22H2,2-5H3,(H,45,55)(H,46,56)(H,47,54)(H,58,59)/t26-,33?,38?,43?/m0/s1. The molecule has 3 aliphatic rings. The number of carboxylic acid groups (broad SMARTS) is 1. The molecule has 334 valence electrons. The molecule has 7 rings (SSSR count). The number of aliphatic hydroxyl groups is 1. The zero-order valence-corrected chi connectivity index (χ0v) is 35.6. The van der Waals surface area contributed by atoms with Gasteiger partial charge >= 0.3 is 6.09 Å². The van der Waals surface area contributed by atoms with E-state index < -0.39 is 36.7 Å². The van der Waals surface area contributed by atoms with Gasteiger partial charge in [-0.15, -0.1) is 0 Å². The van der Waals surface area contributed by atoms with E-state index in [0.29, 0.717) is 30.8 Å². The molecule has 5 amide bonds. The molecule has 3 unspecified atom stereocenters. The van der Waals surface area contributed by atoms with E-state index in [1.807, 2.05) is 18.3 Å². The van der Waals surface area contributed by atoms with Crippen molar-refractivity contribution in [3.8, 4) is 22.6 Å². The van der Waals surface area contributed by atoms with Crippen molar-refractivity contribution in [2.45, 2.75) is 70.1 Å². The third kappa shape index (κ3) is 10.0. The Morgan fingerprint density at radius 3 is 2.48 bits per heavy atom. The average Bonchev–Trinajstić information content (AvgIpc) is 3.95. The van der Waals surface area contributed by atoms with E-state index in [4.69, 9.17) is 18.9 Å². The maximum atomic E-state index is 14.0. The summed E-state index contributed by atoms with van der Waals surface area (Å²) in [5.41, 5.74) is 3.52. The Labute approximate surface area is 363 Å². The van der Waals surface area contributed by atoms with Crippen LogP contribution in [0.15, 0.2) is 67.0 Å². The van der Waals surface area contributed by atoms with Gasteiger partial charge in [-0.1, -0.05) is 24.3 Å². The SMILES string of the molecule is C=C1CC2C(OC3CCCCO3)N(C(=O)O)c3cc(OCCCC(=O)Nc4cn(C)c(C(=O)Nc5ccc(-c6cc(C(=O)NC[C@H](C)O)n(C)c6)cc5)n4)c(OC)cc3C(=O)N2C1. The summed E-state index contributed by atoms with van der Waals surface area (Å²) in [6.45, 7) is 6.57. The second-order valence-corrected chi connectivity index (χ2v) is 15.8. The summed E-state index contributed by atoms with van der Waals surface area (Å²) >= 11 is 0. The van der Waals surface area contributed by atoms with Crippen molar-refractivity contribution in [1.82, 2.24) is 24.3 Å². The van der Waals surface area contributed by atoms with Crippen LogP contribution in [0.3, 0.4) is 0 Å². The maximum absolute atomic E-state index is 14.0. The molecular weight excluding hydrogens is 817 g/mol. The highest BCUT2D eigenvalue weighted by molar-refractivity contribution is 6.06. The minimum atomic E-state index is -1.32. The first-order valence-electron chi connectivity index (χ1n) is 20.7. The largest absolute Gasteiger partial charge is 0.493 e. The lowest BCUT2D eigenvalue weighted by Crippen LogP contribution is -2.53. The van der Waals surface area contributed by atoms with E-state index in [-0.39, 0.29) is 84.7 Å². The number of hydrogen-bond acceptors (Lipinski definition) is 11. The zero-order valence-electron chi connectivity index (χ0n) is 35.6. The average molecular weight is 869 g/mol. The predicted molar refractivity (Wildman–Crippen MR) is 230 cm³/mol. The van der Waals surface area contributed by atoms with Crippen LogP contribution in [0, 0.1) is 0 Å². The monoisotopic (exact) mass is 868 g/mol. The Morgan fingerprint density at radius 1 is 1.00 bits per heavy atom. The van der Waals surface area contributed by atoms with Gasteiger partial charge in [0.1, 0.15) is 5.69 Å². The van der Waals surface area contributed by atoms with Crippen molar-refractivity contribution < 1.29 is 53.1 Å². The second-order valence-electron chi connectivity index (χ2n) is 15.8. The van der Waals surface area contributed by atoms with Crippen molar-refractivity contribution in [2.24, 2.45) is 14.1 Å². The summed E-state index contributed by atoms with van der Waals surface area (Å²) in [6.07, 6.45) is 2.58. The summed E-state index contributed by atoms with van der Waals surface area (Å²) in [5.74, 6) is -0.965. The number of aromatic nitrogens is 3. The molecule has 2 aromatic heterocycles. The molecule has 19 nitrogen and oxygen atoms in total. The number of benzene rings is 2. The van der Waals surface area contributed by atoms with E-state index in [9.17, 15) is 34.2 Å². The van der Waals surface area contributed by atoms with Crippen molar-refractivity contribution in [2.75, 3.05) is 48.9 Å². The lowest BCUT2D eigenvalue weighted by atomic mass is 10.1. The van der Waals surface area contributed by atoms with Gasteiger partial charge in [-0.2, -0.15) is 0 Å². The number of hydrogen-bond donors (Lipinski definition) is 5. The number of nitrogens with zero attached hydrogens (tertiary/aromatic N) is 5. The molecule has 4 aromatic rings. The Morgan fingerprint density at radius 2 is 1.78 bits per heavy atom. The molecule has 0 aliphatic carbocycles. The fraction of sp³-hybridized carbons (Fsp3) is 0.409. The van der Waals surface area contributed by atoms with Gasteiger partial charge in [-0.05, 0) is 68.9 Å². The summed E-state index contributed by atoms with van der Waals surface area (Å²) in [7, 11) is 4.80. The fourth-order valence-corrected chi connectivity index (χ4v) is 7.87. The van der Waals surface area contributed by atoms with Crippen molar-refractivity contribution in [1.29, 1.82) is 0 Å². The van der Waals surface area contributed by atoms with Crippen LogP contribution in [-0.4, -0.2) is 117 Å². The van der Waals surface area contributed by atoms with Crippen molar-refractivity contribution >= 4 is 46.9 Å². The number of aliphatic hydroxyl groups excluding tert-OH is 1. The van der Waals surface area contributed by atoms with Gasteiger partial charge in [0.15, 0.2) is 29.8 Å². The number of carbonyl (C=O) groups is 5. The number of rotatable bonds is 15. The number of anilines is 3. The second kappa shape index (κ2) is 19.1. The van der Waals surface area contributed by atoms with Crippen LogP contribution in [0.25, 0.3) is 11.1 Å². The first-order valence-corrected chi connectivity index (χ1v) is 20.7. The summed E-state index contributed by atoms with van der Waals surface area (Å²) in [5, 5.41) is 28.3. The van der Waals surface area contributed by atoms with Crippen LogP contribution >= 0.6 is 0 Å². The molecule has 0 spiro atoms. The van der Waals surface area contributed by atoms with E-state index in [1.165, 1.54) is 30.0 Å². The highest BCUT2D eigenvalue weighted by Crippen LogP contribution is 2.43. The van der Waals surface area contributed by atoms with Crippen molar-refractivity contribution in [3.63, 3.8) is 0 Å². The van der Waals surface area contributed by atoms with Gasteiger partial charge in [0.05, 0.1) is 37.1 Å². The molecule has 5 N–H and O–H groups in total. The number of imidazole rings is 1. The number of fused-ring (bicyclic) bond motifs is 2. The van der Waals surface area contributed by atoms with Crippen LogP contribution in [0.1, 0.15) is 76.9 Å². The van der Waals surface area contributed by atoms with Crippen LogP contribution < -0.4 is 30.3 Å². The van der Waals surface area contributed by atoms with Gasteiger partial charge in [-0.25, -0.2) is 14.7 Å². The molecular formula is C44H52N8O11. The first kappa shape index (κ1) is 44.4. The molecule has 0 saturated carbocycles. The number of ether oxygens (including phenoxy) is 4. The number of amides is 5. The first-order chi connectivity index (χ1) is 30.2. The zero-order chi connectivity index (χ0) is 44.9. The minimum Gasteiger partial charge on any atom is -0.493 e. The van der Waals surface area contributed by atoms with Crippen molar-refractivity contribution in [3.05, 3.63) is 84.1 Å². The molecule has 2 saturated heterocycles. The lowest BCUT2D eigenvalue weighted by molar-refractivity contribution is -0.195. The van der Waals surface area contributed by atoms with Crippen LogP contribution in [0.2, 0.25) is 0 Å². The smallest absolute Gasteiger partial charge is 0.414 e. The predicted octanol–water partition coefficient (Wildman–Crippen LogP) is 4.73. The van der Waals surface area contributed by atoms with Gasteiger partial charge in [0.25, 0.3) is 17.7 Å². The molecule has 5 heterocycles. The topological polar surface area (TPSA) is 228 Å². The minimum absolute atomic E-state index is 0.0186. The number of carbonyl (C=O) groups excluding carboxylic acids is 4. The van der Waals surface area contributed by atoms with Crippen LogP contribution in [-0.2, 0) is 28.4 Å². The van der Waals surface area contributed by atoms with Crippen LogP contribution in [0.5, 0.6) is 11.5 Å². The Balaban J connectivity index is 0.953. The van der Waals surface area contributed by atoms with Crippen LogP contribution in [0.4, 0.5) is 22.0 Å². The molecule has 19 heteroatoms. The normalized spacial score (nSPS) is 18.8. The van der Waals surface area contributed by atoms with Gasteiger partial charge in [0, 0.05) is 69.9 Å². The Bertz CT molecular complexity index is 2380. The molecule has 4 atom stereocenters. The summed E-state index contributed by atoms with van der Waals surface area (Å²) in [6, 6.07) is 11.1. The van der Waals surface area contributed by atoms with E-state index in [0.717, 1.165) is 34.4 Å². The molecule has 2 aromatic carbocycles. The molecule has 0 radical (unpaired) electrons. The number of aryl methyl sites for hydroxylation is 2. The third-order valence-electron chi connectivity index (χ3n) is 11.0.